The third kappa shape index (κ3) is 2.33. The Labute approximate surface area is 185 Å². The molecule has 0 radical (unpaired) electrons. The molecular formula is C26H23NO5. The van der Waals surface area contributed by atoms with Crippen molar-refractivity contribution in [3.63, 3.8) is 0 Å². The molecule has 162 valence electrons. The molecule has 6 nitrogen and oxygen atoms in total. The Bertz CT molecular complexity index is 1140. The molecule has 1 spiro atoms. The normalized spacial score (nSPS) is 28.8. The van der Waals surface area contributed by atoms with Gasteiger partial charge in [-0.05, 0) is 25.3 Å². The molecule has 0 aromatic heterocycles. The van der Waals surface area contributed by atoms with Crippen LogP contribution in [-0.4, -0.2) is 39.9 Å². The summed E-state index contributed by atoms with van der Waals surface area (Å²) in [5, 5.41) is 0. The van der Waals surface area contributed by atoms with E-state index in [0.717, 1.165) is 31.2 Å². The summed E-state index contributed by atoms with van der Waals surface area (Å²) in [6, 6.07) is 13.9. The molecule has 2 aromatic rings. The second-order valence-corrected chi connectivity index (χ2v) is 9.38. The summed E-state index contributed by atoms with van der Waals surface area (Å²) in [6.07, 6.45) is 2.63. The Morgan fingerprint density at radius 1 is 0.844 bits per heavy atom. The second-order valence-electron chi connectivity index (χ2n) is 9.38. The van der Waals surface area contributed by atoms with Crippen LogP contribution in [0.15, 0.2) is 48.5 Å². The number of ketones is 2. The van der Waals surface area contributed by atoms with E-state index in [1.165, 1.54) is 4.90 Å². The fourth-order valence-electron chi connectivity index (χ4n) is 6.12. The van der Waals surface area contributed by atoms with Crippen LogP contribution in [-0.2, 0) is 14.3 Å². The lowest BCUT2D eigenvalue weighted by Crippen LogP contribution is -2.51. The predicted molar refractivity (Wildman–Crippen MR) is 114 cm³/mol. The van der Waals surface area contributed by atoms with Gasteiger partial charge in [-0.25, -0.2) is 0 Å². The lowest BCUT2D eigenvalue weighted by Gasteiger charge is -2.29. The van der Waals surface area contributed by atoms with Gasteiger partial charge in [0.25, 0.3) is 0 Å². The molecule has 2 aliphatic heterocycles. The fourth-order valence-corrected chi connectivity index (χ4v) is 6.12. The smallest absolute Gasteiger partial charge is 0.237 e. The molecular weight excluding hydrogens is 406 g/mol. The van der Waals surface area contributed by atoms with Crippen molar-refractivity contribution in [3.8, 4) is 0 Å². The molecule has 3 atom stereocenters. The maximum atomic E-state index is 13.7. The molecule has 2 heterocycles. The third-order valence-electron chi connectivity index (χ3n) is 7.65. The molecule has 6 rings (SSSR count). The van der Waals surface area contributed by atoms with Crippen molar-refractivity contribution >= 4 is 23.4 Å². The molecule has 32 heavy (non-hydrogen) atoms. The van der Waals surface area contributed by atoms with Crippen molar-refractivity contribution in [2.24, 2.45) is 11.8 Å². The molecule has 0 bridgehead atoms. The van der Waals surface area contributed by atoms with Crippen LogP contribution in [0.5, 0.6) is 0 Å². The van der Waals surface area contributed by atoms with Gasteiger partial charge in [-0.1, -0.05) is 66.9 Å². The number of ether oxygens (including phenoxy) is 1. The lowest BCUT2D eigenvalue weighted by atomic mass is 9.77. The maximum Gasteiger partial charge on any atom is 0.237 e. The van der Waals surface area contributed by atoms with Crippen molar-refractivity contribution in [2.75, 3.05) is 0 Å². The average Bonchev–Trinajstić information content (AvgIpc) is 3.54. The van der Waals surface area contributed by atoms with Gasteiger partial charge in [0.05, 0.1) is 17.9 Å². The van der Waals surface area contributed by atoms with Crippen molar-refractivity contribution in [1.82, 2.24) is 4.90 Å². The van der Waals surface area contributed by atoms with E-state index in [9.17, 15) is 19.2 Å². The Morgan fingerprint density at radius 3 is 2.03 bits per heavy atom. The summed E-state index contributed by atoms with van der Waals surface area (Å²) in [5.41, 5.74) is 0.304. The van der Waals surface area contributed by atoms with Gasteiger partial charge in [0, 0.05) is 17.2 Å². The van der Waals surface area contributed by atoms with E-state index in [2.05, 4.69) is 0 Å². The van der Waals surface area contributed by atoms with E-state index in [-0.39, 0.29) is 23.1 Å². The Morgan fingerprint density at radius 2 is 1.44 bits per heavy atom. The van der Waals surface area contributed by atoms with Crippen LogP contribution < -0.4 is 0 Å². The van der Waals surface area contributed by atoms with Gasteiger partial charge in [-0.15, -0.1) is 0 Å². The summed E-state index contributed by atoms with van der Waals surface area (Å²) in [5.74, 6) is -3.77. The van der Waals surface area contributed by atoms with Gasteiger partial charge in [-0.2, -0.15) is 0 Å². The highest BCUT2D eigenvalue weighted by atomic mass is 16.5. The van der Waals surface area contributed by atoms with E-state index >= 15 is 0 Å². The summed E-state index contributed by atoms with van der Waals surface area (Å²) in [7, 11) is 0. The van der Waals surface area contributed by atoms with E-state index in [0.29, 0.717) is 5.56 Å². The van der Waals surface area contributed by atoms with E-state index < -0.39 is 41.0 Å². The van der Waals surface area contributed by atoms with E-state index in [1.807, 2.05) is 31.2 Å². The van der Waals surface area contributed by atoms with Gasteiger partial charge in [0.1, 0.15) is 0 Å². The zero-order valence-corrected chi connectivity index (χ0v) is 17.7. The Kier molecular flexibility index (Phi) is 4.09. The van der Waals surface area contributed by atoms with Crippen LogP contribution in [0.25, 0.3) is 0 Å². The number of rotatable bonds is 2. The Hall–Kier alpha value is -3.12. The lowest BCUT2D eigenvalue weighted by molar-refractivity contribution is -0.147. The molecule has 1 saturated carbocycles. The third-order valence-corrected chi connectivity index (χ3v) is 7.65. The molecule has 6 heteroatoms. The summed E-state index contributed by atoms with van der Waals surface area (Å²) in [6.45, 7) is 1.95. The number of likely N-dealkylation sites (tertiary alicyclic amines) is 1. The van der Waals surface area contributed by atoms with E-state index in [1.54, 1.807) is 24.3 Å². The quantitative estimate of drug-likeness (QED) is 0.540. The number of nitrogens with zero attached hydrogens (tertiary/aromatic N) is 1. The number of Topliss-reactive ketones (excluding diaryl/α,β-unsaturated/α-hetero) is 2. The van der Waals surface area contributed by atoms with Crippen LogP contribution in [0.2, 0.25) is 0 Å². The van der Waals surface area contributed by atoms with Crippen molar-refractivity contribution < 1.29 is 23.9 Å². The molecule has 3 fully saturated rings. The second kappa shape index (κ2) is 6.69. The number of imide groups is 1. The zero-order valence-electron chi connectivity index (χ0n) is 17.7. The average molecular weight is 429 g/mol. The number of carbonyl (C=O) groups excluding carboxylic acids is 4. The molecule has 2 amide bonds. The fraction of sp³-hybridized carbons (Fsp3) is 0.385. The highest BCUT2D eigenvalue weighted by Crippen LogP contribution is 2.57. The highest BCUT2D eigenvalue weighted by Gasteiger charge is 2.75. The van der Waals surface area contributed by atoms with Crippen LogP contribution >= 0.6 is 0 Å². The number of carbonyl (C=O) groups is 4. The monoisotopic (exact) mass is 429 g/mol. The number of hydrogen-bond acceptors (Lipinski definition) is 5. The topological polar surface area (TPSA) is 80.8 Å². The largest absolute Gasteiger partial charge is 0.349 e. The van der Waals surface area contributed by atoms with E-state index in [4.69, 9.17) is 4.74 Å². The molecule has 0 N–H and O–H groups in total. The van der Waals surface area contributed by atoms with Gasteiger partial charge < -0.3 is 4.74 Å². The first kappa shape index (κ1) is 19.6. The first-order valence-corrected chi connectivity index (χ1v) is 11.2. The van der Waals surface area contributed by atoms with Crippen molar-refractivity contribution in [1.29, 1.82) is 0 Å². The first-order valence-electron chi connectivity index (χ1n) is 11.2. The minimum absolute atomic E-state index is 0.162. The predicted octanol–water partition coefficient (Wildman–Crippen LogP) is 3.43. The minimum atomic E-state index is -1.97. The van der Waals surface area contributed by atoms with Gasteiger partial charge in [0.2, 0.25) is 29.0 Å². The molecule has 2 saturated heterocycles. The van der Waals surface area contributed by atoms with Crippen LogP contribution in [0, 0.1) is 18.8 Å². The van der Waals surface area contributed by atoms with Gasteiger partial charge >= 0.3 is 0 Å². The van der Waals surface area contributed by atoms with Gasteiger partial charge in [-0.3, -0.25) is 24.1 Å². The number of fused-ring (bicyclic) bond motifs is 3. The van der Waals surface area contributed by atoms with Gasteiger partial charge in [0.15, 0.2) is 0 Å². The zero-order chi connectivity index (χ0) is 22.2. The van der Waals surface area contributed by atoms with Crippen LogP contribution in [0.4, 0.5) is 0 Å². The number of aryl methyl sites for hydroxylation is 1. The summed E-state index contributed by atoms with van der Waals surface area (Å²) >= 11 is 0. The minimum Gasteiger partial charge on any atom is -0.349 e. The number of hydrogen-bond donors (Lipinski definition) is 0. The molecule has 2 aliphatic carbocycles. The van der Waals surface area contributed by atoms with Crippen LogP contribution in [0.3, 0.4) is 0 Å². The number of amides is 2. The van der Waals surface area contributed by atoms with Crippen molar-refractivity contribution in [3.05, 3.63) is 70.8 Å². The first-order chi connectivity index (χ1) is 15.4. The van der Waals surface area contributed by atoms with Crippen molar-refractivity contribution in [2.45, 2.75) is 50.4 Å². The summed E-state index contributed by atoms with van der Waals surface area (Å²) < 4.78 is 6.29. The standard InChI is InChI=1S/C26H23NO5/c1-14-10-12-15(13-11-14)21-19-20(25(31)27(24(19)30)16-6-2-3-7-16)26(32-21)22(28)17-8-4-5-9-18(17)23(26)29/h4-5,8-13,16,19-21H,2-3,6-7H2,1H3/t19-,20-,21+/m1/s1. The SMILES string of the molecule is Cc1ccc([C@@H]2OC3(C(=O)c4ccccc4C3=O)[C@H]3C(=O)N(C4CCCC4)C(=O)[C@@H]23)cc1. The molecule has 0 unspecified atom stereocenters. The Balaban J connectivity index is 1.52. The number of benzene rings is 2. The van der Waals surface area contributed by atoms with Crippen LogP contribution in [0.1, 0.15) is 63.6 Å². The summed E-state index contributed by atoms with van der Waals surface area (Å²) in [4.78, 5) is 56.1. The molecule has 2 aromatic carbocycles. The maximum absolute atomic E-state index is 13.7. The molecule has 4 aliphatic rings. The highest BCUT2D eigenvalue weighted by molar-refractivity contribution is 6.35.